The van der Waals surface area contributed by atoms with Gasteiger partial charge in [-0.2, -0.15) is 14.6 Å². The number of aromatic nitrogens is 5. The molecule has 196 valence electrons. The van der Waals surface area contributed by atoms with Gasteiger partial charge in [-0.05, 0) is 81.9 Å². The second-order valence-corrected chi connectivity index (χ2v) is 10.1. The van der Waals surface area contributed by atoms with Crippen LogP contribution in [-0.4, -0.2) is 54.5 Å². The molecule has 10 nitrogen and oxygen atoms in total. The Bertz CT molecular complexity index is 1260. The molecule has 37 heavy (non-hydrogen) atoms. The van der Waals surface area contributed by atoms with E-state index in [-0.39, 0.29) is 18.3 Å². The highest BCUT2D eigenvalue weighted by Crippen LogP contribution is 2.51. The van der Waals surface area contributed by atoms with Crippen LogP contribution in [0.15, 0.2) is 24.4 Å². The van der Waals surface area contributed by atoms with Crippen molar-refractivity contribution in [2.45, 2.75) is 58.5 Å². The van der Waals surface area contributed by atoms with Gasteiger partial charge in [0.1, 0.15) is 17.6 Å². The minimum absolute atomic E-state index is 0.0121. The van der Waals surface area contributed by atoms with E-state index in [4.69, 9.17) is 5.11 Å². The minimum Gasteiger partial charge on any atom is -0.396 e. The molecule has 3 aromatic heterocycles. The zero-order valence-electron chi connectivity index (χ0n) is 21.0. The summed E-state index contributed by atoms with van der Waals surface area (Å²) in [5, 5.41) is 26.0. The summed E-state index contributed by atoms with van der Waals surface area (Å²) in [7, 11) is 0. The fraction of sp³-hybridized carbons (Fsp3) is 0.500. The summed E-state index contributed by atoms with van der Waals surface area (Å²) in [5.41, 5.74) is 2.67. The van der Waals surface area contributed by atoms with Crippen molar-refractivity contribution >= 4 is 17.6 Å². The average molecular weight is 510 g/mol. The third kappa shape index (κ3) is 5.41. The molecule has 3 heterocycles. The molecular formula is C26H32FN7O3. The van der Waals surface area contributed by atoms with Crippen molar-refractivity contribution in [1.29, 1.82) is 0 Å². The summed E-state index contributed by atoms with van der Waals surface area (Å²) < 4.78 is 16.5. The number of carbonyl (C=O) groups is 2. The minimum atomic E-state index is -0.781. The summed E-state index contributed by atoms with van der Waals surface area (Å²) in [6.07, 6.45) is 6.10. The van der Waals surface area contributed by atoms with Gasteiger partial charge in [0.05, 0.1) is 5.69 Å². The topological polar surface area (TPSA) is 138 Å². The number of hydrogen-bond acceptors (Lipinski definition) is 6. The molecule has 0 aliphatic heterocycles. The lowest BCUT2D eigenvalue weighted by atomic mass is 9.88. The van der Waals surface area contributed by atoms with Gasteiger partial charge in [-0.15, -0.1) is 0 Å². The number of anilines is 1. The highest BCUT2D eigenvalue weighted by atomic mass is 19.1. The molecule has 0 bridgehead atoms. The zero-order valence-corrected chi connectivity index (χ0v) is 21.0. The van der Waals surface area contributed by atoms with Crippen LogP contribution in [0.2, 0.25) is 0 Å². The number of carbonyl (C=O) groups excluding carboxylic acids is 2. The van der Waals surface area contributed by atoms with E-state index in [0.29, 0.717) is 47.3 Å². The van der Waals surface area contributed by atoms with Crippen LogP contribution < -0.4 is 10.6 Å². The second-order valence-electron chi connectivity index (χ2n) is 10.1. The predicted octanol–water partition coefficient (Wildman–Crippen LogP) is 2.98. The van der Waals surface area contributed by atoms with Crippen molar-refractivity contribution < 1.29 is 19.1 Å². The number of halogens is 1. The van der Waals surface area contributed by atoms with Gasteiger partial charge in [0, 0.05) is 36.2 Å². The number of aromatic amines is 1. The molecule has 11 heteroatoms. The molecule has 3 aromatic rings. The summed E-state index contributed by atoms with van der Waals surface area (Å²) in [6, 6.07) is 3.96. The van der Waals surface area contributed by atoms with Crippen LogP contribution in [0.1, 0.15) is 54.0 Å². The van der Waals surface area contributed by atoms with Gasteiger partial charge < -0.3 is 15.7 Å². The van der Waals surface area contributed by atoms with E-state index in [1.54, 1.807) is 25.1 Å². The summed E-state index contributed by atoms with van der Waals surface area (Å²) in [5.74, 6) is -0.666. The predicted molar refractivity (Wildman–Crippen MR) is 134 cm³/mol. The Labute approximate surface area is 214 Å². The smallest absolute Gasteiger partial charge is 0.270 e. The maximum Gasteiger partial charge on any atom is 0.270 e. The van der Waals surface area contributed by atoms with Crippen molar-refractivity contribution in [2.75, 3.05) is 11.9 Å². The SMILES string of the molecule is Cc1n[nH]c(C)c1-c1ccc(NC(=O)C(NC(=O)c2ccnn2CCCO)C(C2CC2)C2CC2)nc1F. The largest absolute Gasteiger partial charge is 0.396 e. The molecule has 1 atom stereocenters. The van der Waals surface area contributed by atoms with E-state index in [2.05, 4.69) is 30.9 Å². The van der Waals surface area contributed by atoms with E-state index < -0.39 is 23.8 Å². The number of aliphatic hydroxyl groups excluding tert-OH is 1. The first-order chi connectivity index (χ1) is 17.9. The summed E-state index contributed by atoms with van der Waals surface area (Å²) >= 11 is 0. The Hall–Kier alpha value is -3.60. The molecule has 2 aliphatic carbocycles. The quantitative estimate of drug-likeness (QED) is 0.293. The first kappa shape index (κ1) is 25.1. The first-order valence-electron chi connectivity index (χ1n) is 12.8. The second kappa shape index (κ2) is 10.4. The van der Waals surface area contributed by atoms with E-state index in [1.807, 2.05) is 6.92 Å². The number of pyridine rings is 1. The molecule has 2 fully saturated rings. The van der Waals surface area contributed by atoms with Crippen LogP contribution in [0.3, 0.4) is 0 Å². The first-order valence-corrected chi connectivity index (χ1v) is 12.8. The molecule has 0 aromatic carbocycles. The molecular weight excluding hydrogens is 477 g/mol. The fourth-order valence-corrected chi connectivity index (χ4v) is 5.21. The van der Waals surface area contributed by atoms with E-state index in [1.165, 1.54) is 10.9 Å². The van der Waals surface area contributed by atoms with Crippen molar-refractivity contribution in [2.24, 2.45) is 17.8 Å². The average Bonchev–Trinajstić information content (AvgIpc) is 3.80. The molecule has 2 aliphatic rings. The zero-order chi connectivity index (χ0) is 26.1. The summed E-state index contributed by atoms with van der Waals surface area (Å²) in [4.78, 5) is 30.8. The Morgan fingerprint density at radius 3 is 2.51 bits per heavy atom. The van der Waals surface area contributed by atoms with Crippen LogP contribution >= 0.6 is 0 Å². The molecule has 0 saturated heterocycles. The number of hydrogen-bond donors (Lipinski definition) is 4. The normalized spacial score (nSPS) is 16.1. The van der Waals surface area contributed by atoms with E-state index >= 15 is 4.39 Å². The van der Waals surface area contributed by atoms with Crippen LogP contribution in [-0.2, 0) is 11.3 Å². The van der Waals surface area contributed by atoms with Crippen LogP contribution in [0, 0.1) is 37.5 Å². The summed E-state index contributed by atoms with van der Waals surface area (Å²) in [6.45, 7) is 3.97. The van der Waals surface area contributed by atoms with Crippen molar-refractivity contribution in [3.05, 3.63) is 47.4 Å². The standard InChI is InChI=1S/C26H32FN7O3/c1-14-21(15(2)33-32-14)18-8-9-20(29-24(18)27)30-26(37)23(22(16-4-5-16)17-6-7-17)31-25(36)19-10-11-28-34(19)12-3-13-35/h8-11,16-17,22-23,35H,3-7,12-13H2,1-2H3,(H,31,36)(H,32,33)(H,29,30,37). The van der Waals surface area contributed by atoms with Gasteiger partial charge in [-0.1, -0.05) is 0 Å². The Morgan fingerprint density at radius 1 is 1.19 bits per heavy atom. The molecule has 2 saturated carbocycles. The van der Waals surface area contributed by atoms with Gasteiger partial charge in [0.15, 0.2) is 0 Å². The Balaban J connectivity index is 1.37. The number of rotatable bonds is 11. The Morgan fingerprint density at radius 2 is 1.92 bits per heavy atom. The lowest BCUT2D eigenvalue weighted by Gasteiger charge is -2.27. The van der Waals surface area contributed by atoms with Crippen molar-refractivity contribution in [1.82, 2.24) is 30.3 Å². The fourth-order valence-electron chi connectivity index (χ4n) is 5.21. The number of nitrogens with one attached hydrogen (secondary N) is 3. The number of amides is 2. The lowest BCUT2D eigenvalue weighted by molar-refractivity contribution is -0.119. The van der Waals surface area contributed by atoms with Crippen LogP contribution in [0.25, 0.3) is 11.1 Å². The molecule has 1 unspecified atom stereocenters. The monoisotopic (exact) mass is 509 g/mol. The maximum absolute atomic E-state index is 15.0. The van der Waals surface area contributed by atoms with Gasteiger partial charge in [-0.3, -0.25) is 19.4 Å². The maximum atomic E-state index is 15.0. The third-order valence-corrected chi connectivity index (χ3v) is 7.26. The van der Waals surface area contributed by atoms with Gasteiger partial charge in [0.25, 0.3) is 5.91 Å². The molecule has 2 amide bonds. The number of H-pyrrole nitrogens is 1. The molecule has 4 N–H and O–H groups in total. The van der Waals surface area contributed by atoms with Crippen LogP contribution in [0.5, 0.6) is 0 Å². The highest BCUT2D eigenvalue weighted by molar-refractivity contribution is 6.00. The third-order valence-electron chi connectivity index (χ3n) is 7.26. The lowest BCUT2D eigenvalue weighted by Crippen LogP contribution is -2.50. The number of aliphatic hydroxyl groups is 1. The van der Waals surface area contributed by atoms with Crippen LogP contribution in [0.4, 0.5) is 10.2 Å². The van der Waals surface area contributed by atoms with E-state index in [0.717, 1.165) is 31.4 Å². The van der Waals surface area contributed by atoms with Crippen molar-refractivity contribution in [3.8, 4) is 11.1 Å². The number of nitrogens with zero attached hydrogens (tertiary/aromatic N) is 4. The molecule has 5 rings (SSSR count). The molecule has 0 spiro atoms. The van der Waals surface area contributed by atoms with Crippen molar-refractivity contribution in [3.63, 3.8) is 0 Å². The number of aryl methyl sites for hydroxylation is 3. The Kier molecular flexibility index (Phi) is 7.05. The van der Waals surface area contributed by atoms with Gasteiger partial charge >= 0.3 is 0 Å². The molecule has 0 radical (unpaired) electrons. The van der Waals surface area contributed by atoms with Gasteiger partial charge in [0.2, 0.25) is 11.9 Å². The highest BCUT2D eigenvalue weighted by Gasteiger charge is 2.48. The van der Waals surface area contributed by atoms with E-state index in [9.17, 15) is 9.59 Å². The van der Waals surface area contributed by atoms with Gasteiger partial charge in [-0.25, -0.2) is 4.98 Å².